The van der Waals surface area contributed by atoms with Gasteiger partial charge in [0.05, 0.1) is 11.5 Å². The lowest BCUT2D eigenvalue weighted by Gasteiger charge is -2.36. The van der Waals surface area contributed by atoms with Gasteiger partial charge in [-0.05, 0) is 24.4 Å². The van der Waals surface area contributed by atoms with Crippen molar-refractivity contribution in [2.24, 2.45) is 11.8 Å². The molecular weight excluding hydrogens is 330 g/mol. The minimum absolute atomic E-state index is 0.0258. The van der Waals surface area contributed by atoms with E-state index >= 15 is 0 Å². The Labute approximate surface area is 136 Å². The average molecular weight is 343 g/mol. The third-order valence-corrected chi connectivity index (χ3v) is 5.11. The van der Waals surface area contributed by atoms with E-state index in [-0.39, 0.29) is 33.9 Å². The van der Waals surface area contributed by atoms with Crippen LogP contribution in [0.1, 0.15) is 12.8 Å². The molecule has 1 N–H and O–H groups in total. The number of aliphatic hydroxyl groups is 1. The van der Waals surface area contributed by atoms with Crippen molar-refractivity contribution >= 4 is 39.9 Å². The lowest BCUT2D eigenvalue weighted by molar-refractivity contribution is 0.0791. The van der Waals surface area contributed by atoms with Gasteiger partial charge in [0.25, 0.3) is 0 Å². The van der Waals surface area contributed by atoms with E-state index in [1.807, 2.05) is 4.90 Å². The summed E-state index contributed by atoms with van der Waals surface area (Å²) in [7, 11) is 0. The van der Waals surface area contributed by atoms with Crippen LogP contribution in [0.2, 0.25) is 10.4 Å². The molecule has 22 heavy (non-hydrogen) atoms. The number of aromatic nitrogens is 3. The molecule has 2 unspecified atom stereocenters. The quantitative estimate of drug-likeness (QED) is 0.637. The molecule has 8 heteroatoms. The Hall–Kier alpha value is -1.24. The Kier molecular flexibility index (Phi) is 3.36. The molecule has 0 amide bonds. The van der Waals surface area contributed by atoms with Gasteiger partial charge in [0.15, 0.2) is 11.0 Å². The number of rotatable bonds is 1. The van der Waals surface area contributed by atoms with E-state index in [0.717, 1.165) is 12.8 Å². The second-order valence-electron chi connectivity index (χ2n) is 5.93. The second kappa shape index (κ2) is 5.15. The van der Waals surface area contributed by atoms with Crippen LogP contribution >= 0.6 is 23.2 Å². The lowest BCUT2D eigenvalue weighted by atomic mass is 9.95. The second-order valence-corrected chi connectivity index (χ2v) is 6.63. The van der Waals surface area contributed by atoms with Crippen molar-refractivity contribution < 1.29 is 9.50 Å². The van der Waals surface area contributed by atoms with Crippen molar-refractivity contribution in [3.8, 4) is 0 Å². The fourth-order valence-electron chi connectivity index (χ4n) is 3.60. The number of piperidine rings is 1. The normalized spacial score (nSPS) is 27.6. The molecule has 1 saturated heterocycles. The summed E-state index contributed by atoms with van der Waals surface area (Å²) in [6, 6.07) is 0. The summed E-state index contributed by atoms with van der Waals surface area (Å²) in [4.78, 5) is 14.1. The zero-order valence-electron chi connectivity index (χ0n) is 11.5. The maximum Gasteiger partial charge on any atom is 0.225 e. The van der Waals surface area contributed by atoms with Gasteiger partial charge in [-0.1, -0.05) is 11.6 Å². The standard InChI is InChI=1S/C14H13Cl2FN4O/c15-12-9(17)10-8(3-18-12)13(20-14(16)19-10)21-4-6-1-2-7(5-21)11(6)22/h3,6-7,11,22H,1-2,4-5H2. The van der Waals surface area contributed by atoms with Gasteiger partial charge in [-0.3, -0.25) is 0 Å². The van der Waals surface area contributed by atoms with Crippen molar-refractivity contribution in [2.45, 2.75) is 18.9 Å². The van der Waals surface area contributed by atoms with Gasteiger partial charge in [0, 0.05) is 31.1 Å². The summed E-state index contributed by atoms with van der Waals surface area (Å²) in [5.41, 5.74) is 0.0773. The molecule has 4 rings (SSSR count). The molecule has 1 aliphatic heterocycles. The molecular formula is C14H13Cl2FN4O. The molecule has 2 bridgehead atoms. The molecule has 0 aromatic carbocycles. The van der Waals surface area contributed by atoms with E-state index in [2.05, 4.69) is 15.0 Å². The number of pyridine rings is 1. The van der Waals surface area contributed by atoms with Crippen LogP contribution in [0, 0.1) is 17.7 Å². The van der Waals surface area contributed by atoms with Gasteiger partial charge in [-0.2, -0.15) is 4.98 Å². The first-order chi connectivity index (χ1) is 10.5. The van der Waals surface area contributed by atoms with Crippen LogP contribution in [-0.2, 0) is 0 Å². The minimum Gasteiger partial charge on any atom is -0.392 e. The highest BCUT2D eigenvalue weighted by molar-refractivity contribution is 6.30. The monoisotopic (exact) mass is 342 g/mol. The smallest absolute Gasteiger partial charge is 0.225 e. The van der Waals surface area contributed by atoms with Crippen molar-refractivity contribution in [3.63, 3.8) is 0 Å². The zero-order valence-corrected chi connectivity index (χ0v) is 13.0. The first-order valence-electron chi connectivity index (χ1n) is 7.15. The van der Waals surface area contributed by atoms with Crippen molar-refractivity contribution in [3.05, 3.63) is 22.5 Å². The SMILES string of the molecule is OC1C2CCC1CN(c1nc(Cl)nc3c(F)c(Cl)ncc13)C2. The van der Waals surface area contributed by atoms with E-state index in [4.69, 9.17) is 23.2 Å². The number of hydrogen-bond donors (Lipinski definition) is 1. The van der Waals surface area contributed by atoms with Gasteiger partial charge in [-0.15, -0.1) is 0 Å². The number of anilines is 1. The van der Waals surface area contributed by atoms with Crippen molar-refractivity contribution in [1.82, 2.24) is 15.0 Å². The first kappa shape index (κ1) is 14.4. The number of halogens is 3. The molecule has 0 spiro atoms. The zero-order chi connectivity index (χ0) is 15.4. The maximum atomic E-state index is 14.2. The van der Waals surface area contributed by atoms with Gasteiger partial charge in [-0.25, -0.2) is 14.4 Å². The van der Waals surface area contributed by atoms with Crippen molar-refractivity contribution in [2.75, 3.05) is 18.0 Å². The Bertz CT molecular complexity index is 745. The number of fused-ring (bicyclic) bond motifs is 3. The van der Waals surface area contributed by atoms with E-state index in [1.54, 1.807) is 0 Å². The number of nitrogens with zero attached hydrogens (tertiary/aromatic N) is 4. The number of aliphatic hydroxyl groups excluding tert-OH is 1. The third-order valence-electron chi connectivity index (χ3n) is 4.68. The van der Waals surface area contributed by atoms with Crippen LogP contribution < -0.4 is 4.90 Å². The van der Waals surface area contributed by atoms with Crippen LogP contribution in [0.4, 0.5) is 10.2 Å². The van der Waals surface area contributed by atoms with Crippen molar-refractivity contribution in [1.29, 1.82) is 0 Å². The lowest BCUT2D eigenvalue weighted by Crippen LogP contribution is -2.45. The van der Waals surface area contributed by atoms with Crippen LogP contribution in [-0.4, -0.2) is 39.3 Å². The van der Waals surface area contributed by atoms with Crippen LogP contribution in [0.15, 0.2) is 6.20 Å². The highest BCUT2D eigenvalue weighted by Crippen LogP contribution is 2.40. The Morgan fingerprint density at radius 3 is 2.55 bits per heavy atom. The summed E-state index contributed by atoms with van der Waals surface area (Å²) in [5.74, 6) is 0.298. The van der Waals surface area contributed by atoms with Gasteiger partial charge >= 0.3 is 0 Å². The van der Waals surface area contributed by atoms with Crippen LogP contribution in [0.25, 0.3) is 10.9 Å². The number of hydrogen-bond acceptors (Lipinski definition) is 5. The largest absolute Gasteiger partial charge is 0.392 e. The summed E-state index contributed by atoms with van der Waals surface area (Å²) < 4.78 is 14.2. The molecule has 0 radical (unpaired) electrons. The molecule has 5 nitrogen and oxygen atoms in total. The minimum atomic E-state index is -0.690. The summed E-state index contributed by atoms with van der Waals surface area (Å²) in [6.07, 6.45) is 3.21. The van der Waals surface area contributed by atoms with Gasteiger partial charge in [0.2, 0.25) is 5.28 Å². The van der Waals surface area contributed by atoms with Gasteiger partial charge < -0.3 is 10.0 Å². The molecule has 2 aromatic heterocycles. The van der Waals surface area contributed by atoms with E-state index in [1.165, 1.54) is 6.20 Å². The first-order valence-corrected chi connectivity index (χ1v) is 7.90. The van der Waals surface area contributed by atoms with E-state index in [9.17, 15) is 9.50 Å². The van der Waals surface area contributed by atoms with Crippen LogP contribution in [0.5, 0.6) is 0 Å². The highest BCUT2D eigenvalue weighted by atomic mass is 35.5. The predicted octanol–water partition coefficient (Wildman–Crippen LogP) is 2.68. The molecule has 116 valence electrons. The van der Waals surface area contributed by atoms with E-state index < -0.39 is 5.82 Å². The molecule has 2 aromatic rings. The summed E-state index contributed by atoms with van der Waals surface area (Å²) in [6.45, 7) is 1.34. The highest BCUT2D eigenvalue weighted by Gasteiger charge is 2.41. The molecule has 3 heterocycles. The Morgan fingerprint density at radius 2 is 1.86 bits per heavy atom. The average Bonchev–Trinajstić information content (AvgIpc) is 2.73. The maximum absolute atomic E-state index is 14.2. The summed E-state index contributed by atoms with van der Waals surface area (Å²) >= 11 is 11.7. The molecule has 1 saturated carbocycles. The Balaban J connectivity index is 1.84. The topological polar surface area (TPSA) is 62.1 Å². The molecule has 2 fully saturated rings. The van der Waals surface area contributed by atoms with Gasteiger partial charge in [0.1, 0.15) is 11.3 Å². The fraction of sp³-hybridized carbons (Fsp3) is 0.500. The predicted molar refractivity (Wildman–Crippen MR) is 81.7 cm³/mol. The molecule has 2 aliphatic rings. The summed E-state index contributed by atoms with van der Waals surface area (Å²) in [5, 5.41) is 10.4. The molecule has 1 aliphatic carbocycles. The van der Waals surface area contributed by atoms with E-state index in [0.29, 0.717) is 24.3 Å². The van der Waals surface area contributed by atoms with Crippen LogP contribution in [0.3, 0.4) is 0 Å². The third kappa shape index (κ3) is 2.13. The molecule has 2 atom stereocenters. The fourth-order valence-corrected chi connectivity index (χ4v) is 3.90. The Morgan fingerprint density at radius 1 is 1.18 bits per heavy atom.